The number of thiophene rings is 1. The van der Waals surface area contributed by atoms with E-state index in [9.17, 15) is 4.79 Å². The van der Waals surface area contributed by atoms with Crippen molar-refractivity contribution in [3.63, 3.8) is 0 Å². The lowest BCUT2D eigenvalue weighted by molar-refractivity contribution is 0.0789. The van der Waals surface area contributed by atoms with E-state index < -0.39 is 0 Å². The van der Waals surface area contributed by atoms with Crippen LogP contribution in [0.4, 0.5) is 0 Å². The van der Waals surface area contributed by atoms with Crippen LogP contribution in [0.5, 0.6) is 0 Å². The summed E-state index contributed by atoms with van der Waals surface area (Å²) in [5, 5.41) is 8.50. The standard InChI is InChI=1S/C9H9ClN2OS/c1-2-12(6-5-11)9(13)7-3-4-8(10)14-7/h3-4H,2,6H2,1H3. The molecule has 0 atom stereocenters. The summed E-state index contributed by atoms with van der Waals surface area (Å²) < 4.78 is 0.585. The zero-order chi connectivity index (χ0) is 10.6. The van der Waals surface area contributed by atoms with Crippen molar-refractivity contribution in [1.29, 1.82) is 5.26 Å². The van der Waals surface area contributed by atoms with Crippen molar-refractivity contribution in [3.8, 4) is 6.07 Å². The number of rotatable bonds is 3. The molecule has 0 aliphatic rings. The summed E-state index contributed by atoms with van der Waals surface area (Å²) >= 11 is 6.94. The first-order valence-electron chi connectivity index (χ1n) is 4.10. The molecule has 14 heavy (non-hydrogen) atoms. The van der Waals surface area contributed by atoms with Crippen molar-refractivity contribution >= 4 is 28.8 Å². The van der Waals surface area contributed by atoms with Crippen LogP contribution in [0, 0.1) is 11.3 Å². The number of hydrogen-bond donors (Lipinski definition) is 0. The fraction of sp³-hybridized carbons (Fsp3) is 0.333. The molecule has 0 saturated carbocycles. The van der Waals surface area contributed by atoms with Gasteiger partial charge in [0.25, 0.3) is 5.91 Å². The Kier molecular flexibility index (Phi) is 3.93. The van der Waals surface area contributed by atoms with E-state index in [0.29, 0.717) is 15.8 Å². The molecule has 0 spiro atoms. The van der Waals surface area contributed by atoms with Gasteiger partial charge in [0.15, 0.2) is 0 Å². The van der Waals surface area contributed by atoms with E-state index in [1.165, 1.54) is 16.2 Å². The molecule has 74 valence electrons. The smallest absolute Gasteiger partial charge is 0.264 e. The van der Waals surface area contributed by atoms with Gasteiger partial charge in [0, 0.05) is 6.54 Å². The Morgan fingerprint density at radius 2 is 2.43 bits per heavy atom. The molecule has 0 aliphatic heterocycles. The quantitative estimate of drug-likeness (QED) is 0.746. The first-order valence-corrected chi connectivity index (χ1v) is 5.30. The molecule has 0 bridgehead atoms. The second-order valence-electron chi connectivity index (χ2n) is 2.58. The van der Waals surface area contributed by atoms with E-state index >= 15 is 0 Å². The van der Waals surface area contributed by atoms with Crippen LogP contribution in [0.2, 0.25) is 4.34 Å². The van der Waals surface area contributed by atoms with Gasteiger partial charge in [-0.05, 0) is 19.1 Å². The van der Waals surface area contributed by atoms with Gasteiger partial charge in [-0.25, -0.2) is 0 Å². The van der Waals surface area contributed by atoms with Crippen LogP contribution in [0.25, 0.3) is 0 Å². The van der Waals surface area contributed by atoms with Gasteiger partial charge in [-0.1, -0.05) is 11.6 Å². The van der Waals surface area contributed by atoms with Crippen molar-refractivity contribution in [2.75, 3.05) is 13.1 Å². The molecule has 3 nitrogen and oxygen atoms in total. The number of carbonyl (C=O) groups is 1. The van der Waals surface area contributed by atoms with Crippen LogP contribution in [0.15, 0.2) is 12.1 Å². The number of amides is 1. The molecule has 0 unspecified atom stereocenters. The summed E-state index contributed by atoms with van der Waals surface area (Å²) in [6.45, 7) is 2.48. The highest BCUT2D eigenvalue weighted by Crippen LogP contribution is 2.22. The van der Waals surface area contributed by atoms with Gasteiger partial charge in [-0.2, -0.15) is 5.26 Å². The molecule has 1 aromatic rings. The maximum atomic E-state index is 11.7. The minimum atomic E-state index is -0.133. The van der Waals surface area contributed by atoms with Gasteiger partial charge in [0.2, 0.25) is 0 Å². The first-order chi connectivity index (χ1) is 6.69. The molecule has 0 N–H and O–H groups in total. The van der Waals surface area contributed by atoms with E-state index in [2.05, 4.69) is 0 Å². The Morgan fingerprint density at radius 1 is 1.71 bits per heavy atom. The maximum Gasteiger partial charge on any atom is 0.264 e. The van der Waals surface area contributed by atoms with Crippen LogP contribution in [0.1, 0.15) is 16.6 Å². The lowest BCUT2D eigenvalue weighted by atomic mass is 10.4. The topological polar surface area (TPSA) is 44.1 Å². The Balaban J connectivity index is 2.78. The molecule has 0 fully saturated rings. The number of nitriles is 1. The zero-order valence-electron chi connectivity index (χ0n) is 7.66. The SMILES string of the molecule is CCN(CC#N)C(=O)c1ccc(Cl)s1. The summed E-state index contributed by atoms with van der Waals surface area (Å²) in [7, 11) is 0. The van der Waals surface area contributed by atoms with E-state index in [1.807, 2.05) is 13.0 Å². The van der Waals surface area contributed by atoms with Gasteiger partial charge in [-0.3, -0.25) is 4.79 Å². The first kappa shape index (κ1) is 11.0. The van der Waals surface area contributed by atoms with Crippen LogP contribution < -0.4 is 0 Å². The van der Waals surface area contributed by atoms with Gasteiger partial charge in [0.1, 0.15) is 6.54 Å². The van der Waals surface area contributed by atoms with Gasteiger partial charge >= 0.3 is 0 Å². The molecular weight excluding hydrogens is 220 g/mol. The Hall–Kier alpha value is -1.05. The third-order valence-corrected chi connectivity index (χ3v) is 2.93. The minimum absolute atomic E-state index is 0.116. The van der Waals surface area contributed by atoms with Crippen LogP contribution in [-0.4, -0.2) is 23.9 Å². The third-order valence-electron chi connectivity index (χ3n) is 1.71. The Morgan fingerprint density at radius 3 is 2.86 bits per heavy atom. The van der Waals surface area contributed by atoms with Crippen molar-refractivity contribution in [2.45, 2.75) is 6.92 Å². The number of halogens is 1. The lowest BCUT2D eigenvalue weighted by Gasteiger charge is -2.15. The van der Waals surface area contributed by atoms with E-state index in [1.54, 1.807) is 12.1 Å². The van der Waals surface area contributed by atoms with E-state index in [4.69, 9.17) is 16.9 Å². The molecule has 1 heterocycles. The Labute approximate surface area is 91.5 Å². The summed E-state index contributed by atoms with van der Waals surface area (Å²) in [6, 6.07) is 5.31. The van der Waals surface area contributed by atoms with Crippen LogP contribution in [-0.2, 0) is 0 Å². The van der Waals surface area contributed by atoms with Gasteiger partial charge in [-0.15, -0.1) is 11.3 Å². The largest absolute Gasteiger partial charge is 0.325 e. The highest BCUT2D eigenvalue weighted by Gasteiger charge is 2.15. The number of nitrogens with zero attached hydrogens (tertiary/aromatic N) is 2. The predicted molar refractivity (Wildman–Crippen MR) is 56.5 cm³/mol. The molecular formula is C9H9ClN2OS. The van der Waals surface area contributed by atoms with E-state index in [-0.39, 0.29) is 12.5 Å². The third kappa shape index (κ3) is 2.47. The van der Waals surface area contributed by atoms with Crippen LogP contribution >= 0.6 is 22.9 Å². The monoisotopic (exact) mass is 228 g/mol. The minimum Gasteiger partial charge on any atom is -0.325 e. The molecule has 1 rings (SSSR count). The highest BCUT2D eigenvalue weighted by atomic mass is 35.5. The molecule has 0 aromatic carbocycles. The zero-order valence-corrected chi connectivity index (χ0v) is 9.23. The summed E-state index contributed by atoms with van der Waals surface area (Å²) in [5.74, 6) is -0.133. The molecule has 1 amide bonds. The summed E-state index contributed by atoms with van der Waals surface area (Å²) in [5.41, 5.74) is 0. The molecule has 5 heteroatoms. The van der Waals surface area contributed by atoms with Crippen molar-refractivity contribution < 1.29 is 4.79 Å². The molecule has 0 saturated heterocycles. The Bertz CT molecular complexity index is 369. The average Bonchev–Trinajstić information content (AvgIpc) is 2.60. The summed E-state index contributed by atoms with van der Waals surface area (Å²) in [6.07, 6.45) is 0. The van der Waals surface area contributed by atoms with Gasteiger partial charge in [0.05, 0.1) is 15.3 Å². The second kappa shape index (κ2) is 4.99. The predicted octanol–water partition coefficient (Wildman–Crippen LogP) is 2.39. The fourth-order valence-electron chi connectivity index (χ4n) is 0.998. The fourth-order valence-corrected chi connectivity index (χ4v) is 2.01. The van der Waals surface area contributed by atoms with Crippen molar-refractivity contribution in [1.82, 2.24) is 4.90 Å². The van der Waals surface area contributed by atoms with E-state index in [0.717, 1.165) is 0 Å². The van der Waals surface area contributed by atoms with Crippen molar-refractivity contribution in [3.05, 3.63) is 21.3 Å². The highest BCUT2D eigenvalue weighted by molar-refractivity contribution is 7.17. The van der Waals surface area contributed by atoms with Crippen molar-refractivity contribution in [2.24, 2.45) is 0 Å². The molecule has 0 aliphatic carbocycles. The number of hydrogen-bond acceptors (Lipinski definition) is 3. The second-order valence-corrected chi connectivity index (χ2v) is 4.30. The molecule has 1 aromatic heterocycles. The van der Waals surface area contributed by atoms with Gasteiger partial charge < -0.3 is 4.90 Å². The lowest BCUT2D eigenvalue weighted by Crippen LogP contribution is -2.30. The maximum absolute atomic E-state index is 11.7. The van der Waals surface area contributed by atoms with Crippen LogP contribution in [0.3, 0.4) is 0 Å². The normalized spacial score (nSPS) is 9.50. The number of carbonyl (C=O) groups excluding carboxylic acids is 1. The summed E-state index contributed by atoms with van der Waals surface area (Å²) in [4.78, 5) is 13.8. The average molecular weight is 229 g/mol. The molecule has 0 radical (unpaired) electrons.